The van der Waals surface area contributed by atoms with Crippen LogP contribution in [-0.4, -0.2) is 31.7 Å². The molecule has 6 nitrogen and oxygen atoms in total. The van der Waals surface area contributed by atoms with Gasteiger partial charge in [0.1, 0.15) is 11.3 Å². The number of ether oxygens (including phenoxy) is 3. The van der Waals surface area contributed by atoms with E-state index in [1.807, 2.05) is 0 Å². The second kappa shape index (κ2) is 8.03. The molecule has 1 aliphatic rings. The highest BCUT2D eigenvalue weighted by atomic mass is 19.1. The Balaban J connectivity index is 1.72. The Hall–Kier alpha value is -2.83. The third kappa shape index (κ3) is 4.22. The molecule has 1 aromatic carbocycles. The van der Waals surface area contributed by atoms with Gasteiger partial charge in [-0.1, -0.05) is 6.07 Å². The zero-order valence-electron chi connectivity index (χ0n) is 14.8. The number of pyridine rings is 1. The molecule has 0 radical (unpaired) electrons. The van der Waals surface area contributed by atoms with Crippen LogP contribution in [0.3, 0.4) is 0 Å². The van der Waals surface area contributed by atoms with E-state index in [-0.39, 0.29) is 23.7 Å². The summed E-state index contributed by atoms with van der Waals surface area (Å²) in [5, 5.41) is 2.75. The van der Waals surface area contributed by atoms with Crippen molar-refractivity contribution in [3.63, 3.8) is 0 Å². The molecule has 1 N–H and O–H groups in total. The maximum absolute atomic E-state index is 13.8. The normalized spacial score (nSPS) is 13.2. The first-order valence-electron chi connectivity index (χ1n) is 8.38. The molecule has 0 bridgehead atoms. The average Bonchev–Trinajstić information content (AvgIpc) is 3.48. The van der Waals surface area contributed by atoms with Gasteiger partial charge in [-0.05, 0) is 42.5 Å². The van der Waals surface area contributed by atoms with Crippen LogP contribution >= 0.6 is 0 Å². The Morgan fingerprint density at radius 2 is 2.00 bits per heavy atom. The minimum Gasteiger partial charge on any atom is -0.496 e. The van der Waals surface area contributed by atoms with Crippen LogP contribution in [0.4, 0.5) is 4.39 Å². The van der Waals surface area contributed by atoms with Gasteiger partial charge in [0, 0.05) is 12.7 Å². The molecule has 0 atom stereocenters. The molecule has 1 amide bonds. The lowest BCUT2D eigenvalue weighted by Gasteiger charge is -2.14. The van der Waals surface area contributed by atoms with Gasteiger partial charge in [0.25, 0.3) is 5.91 Å². The standard InChI is InChI=1S/C19H21FN2O4/c1-24-15-6-5-13(9-14(15)20)10-22-18(23)17-16(25-2)7-8-21-19(17)26-11-12-3-4-12/h5-9,12H,3-4,10-11H2,1-2H3,(H,22,23). The van der Waals surface area contributed by atoms with Crippen molar-refractivity contribution in [3.05, 3.63) is 47.4 Å². The maximum atomic E-state index is 13.8. The molecule has 1 aliphatic carbocycles. The van der Waals surface area contributed by atoms with Gasteiger partial charge in [-0.2, -0.15) is 0 Å². The molecule has 0 aliphatic heterocycles. The summed E-state index contributed by atoms with van der Waals surface area (Å²) < 4.78 is 29.6. The number of rotatable bonds is 8. The number of amides is 1. The van der Waals surface area contributed by atoms with E-state index in [1.54, 1.807) is 12.1 Å². The first-order chi connectivity index (χ1) is 12.6. The van der Waals surface area contributed by atoms with Crippen LogP contribution in [0.15, 0.2) is 30.5 Å². The zero-order valence-corrected chi connectivity index (χ0v) is 14.8. The van der Waals surface area contributed by atoms with E-state index in [0.29, 0.717) is 23.8 Å². The lowest BCUT2D eigenvalue weighted by atomic mass is 10.2. The first-order valence-corrected chi connectivity index (χ1v) is 8.38. The predicted octanol–water partition coefficient (Wildman–Crippen LogP) is 2.96. The first kappa shape index (κ1) is 18.0. The fraction of sp³-hybridized carbons (Fsp3) is 0.368. The number of methoxy groups -OCH3 is 2. The van der Waals surface area contributed by atoms with Gasteiger partial charge in [0.2, 0.25) is 5.88 Å². The van der Waals surface area contributed by atoms with E-state index in [9.17, 15) is 9.18 Å². The van der Waals surface area contributed by atoms with Crippen molar-refractivity contribution in [1.82, 2.24) is 10.3 Å². The van der Waals surface area contributed by atoms with Crippen molar-refractivity contribution < 1.29 is 23.4 Å². The molecule has 1 fully saturated rings. The summed E-state index contributed by atoms with van der Waals surface area (Å²) in [4.78, 5) is 16.8. The van der Waals surface area contributed by atoms with Crippen molar-refractivity contribution >= 4 is 5.91 Å². The van der Waals surface area contributed by atoms with Gasteiger partial charge in [-0.3, -0.25) is 4.79 Å². The van der Waals surface area contributed by atoms with Crippen molar-refractivity contribution in [2.75, 3.05) is 20.8 Å². The minimum atomic E-state index is -0.480. The number of nitrogens with one attached hydrogen (secondary N) is 1. The molecular weight excluding hydrogens is 339 g/mol. The number of hydrogen-bond donors (Lipinski definition) is 1. The number of halogens is 1. The molecule has 0 unspecified atom stereocenters. The Kier molecular flexibility index (Phi) is 5.55. The van der Waals surface area contributed by atoms with E-state index in [4.69, 9.17) is 14.2 Å². The van der Waals surface area contributed by atoms with Crippen LogP contribution in [0.2, 0.25) is 0 Å². The van der Waals surface area contributed by atoms with E-state index >= 15 is 0 Å². The van der Waals surface area contributed by atoms with Crippen molar-refractivity contribution in [2.24, 2.45) is 5.92 Å². The number of nitrogens with zero attached hydrogens (tertiary/aromatic N) is 1. The number of carbonyl (C=O) groups is 1. The Morgan fingerprint density at radius 1 is 1.23 bits per heavy atom. The zero-order chi connectivity index (χ0) is 18.5. The third-order valence-electron chi connectivity index (χ3n) is 4.15. The second-order valence-corrected chi connectivity index (χ2v) is 6.10. The van der Waals surface area contributed by atoms with Gasteiger partial charge in [-0.15, -0.1) is 0 Å². The van der Waals surface area contributed by atoms with Crippen LogP contribution in [0, 0.1) is 11.7 Å². The highest BCUT2D eigenvalue weighted by Gasteiger charge is 2.25. The summed E-state index contributed by atoms with van der Waals surface area (Å²) in [5.74, 6) is 0.438. The van der Waals surface area contributed by atoms with Crippen LogP contribution < -0.4 is 19.5 Å². The van der Waals surface area contributed by atoms with Crippen LogP contribution in [0.25, 0.3) is 0 Å². The van der Waals surface area contributed by atoms with Gasteiger partial charge in [-0.25, -0.2) is 9.37 Å². The Bertz CT molecular complexity index is 793. The van der Waals surface area contributed by atoms with Crippen LogP contribution in [-0.2, 0) is 6.54 Å². The molecule has 3 rings (SSSR count). The van der Waals surface area contributed by atoms with Gasteiger partial charge >= 0.3 is 0 Å². The fourth-order valence-electron chi connectivity index (χ4n) is 2.49. The highest BCUT2D eigenvalue weighted by Crippen LogP contribution is 2.31. The van der Waals surface area contributed by atoms with Gasteiger partial charge in [0.05, 0.1) is 20.8 Å². The van der Waals surface area contributed by atoms with Crippen LogP contribution in [0.5, 0.6) is 17.4 Å². The van der Waals surface area contributed by atoms with Crippen LogP contribution in [0.1, 0.15) is 28.8 Å². The molecule has 1 saturated carbocycles. The summed E-state index contributed by atoms with van der Waals surface area (Å²) in [7, 11) is 2.88. The quantitative estimate of drug-likeness (QED) is 0.784. The summed E-state index contributed by atoms with van der Waals surface area (Å²) in [6, 6.07) is 6.13. The van der Waals surface area contributed by atoms with E-state index < -0.39 is 11.7 Å². The van der Waals surface area contributed by atoms with E-state index in [2.05, 4.69) is 10.3 Å². The molecule has 0 spiro atoms. The fourth-order valence-corrected chi connectivity index (χ4v) is 2.49. The summed E-state index contributed by atoms with van der Waals surface area (Å²) >= 11 is 0. The minimum absolute atomic E-state index is 0.153. The molecule has 7 heteroatoms. The summed E-state index contributed by atoms with van der Waals surface area (Å²) in [6.45, 7) is 0.685. The van der Waals surface area contributed by atoms with E-state index in [1.165, 1.54) is 32.5 Å². The number of carbonyl (C=O) groups excluding carboxylic acids is 1. The third-order valence-corrected chi connectivity index (χ3v) is 4.15. The molecule has 1 heterocycles. The SMILES string of the molecule is COc1ccc(CNC(=O)c2c(OC)ccnc2OCC2CC2)cc1F. The van der Waals surface area contributed by atoms with Crippen molar-refractivity contribution in [3.8, 4) is 17.4 Å². The second-order valence-electron chi connectivity index (χ2n) is 6.10. The Labute approximate surface area is 151 Å². The van der Waals surface area contributed by atoms with Gasteiger partial charge in [0.15, 0.2) is 11.6 Å². The largest absolute Gasteiger partial charge is 0.496 e. The summed E-state index contributed by atoms with van der Waals surface area (Å²) in [5.41, 5.74) is 0.851. The van der Waals surface area contributed by atoms with E-state index in [0.717, 1.165) is 12.8 Å². The molecule has 26 heavy (non-hydrogen) atoms. The monoisotopic (exact) mass is 360 g/mol. The molecular formula is C19H21FN2O4. The molecule has 0 saturated heterocycles. The maximum Gasteiger partial charge on any atom is 0.260 e. The lowest BCUT2D eigenvalue weighted by molar-refractivity contribution is 0.0942. The number of aromatic nitrogens is 1. The summed E-state index contributed by atoms with van der Waals surface area (Å²) in [6.07, 6.45) is 3.81. The smallest absolute Gasteiger partial charge is 0.260 e. The predicted molar refractivity (Wildman–Crippen MR) is 93.1 cm³/mol. The number of hydrogen-bond acceptors (Lipinski definition) is 5. The van der Waals surface area contributed by atoms with Crippen molar-refractivity contribution in [1.29, 1.82) is 0 Å². The highest BCUT2D eigenvalue weighted by molar-refractivity contribution is 5.99. The molecule has 1 aromatic heterocycles. The molecule has 2 aromatic rings. The average molecular weight is 360 g/mol. The van der Waals surface area contributed by atoms with Gasteiger partial charge < -0.3 is 19.5 Å². The lowest BCUT2D eigenvalue weighted by Crippen LogP contribution is -2.24. The topological polar surface area (TPSA) is 69.7 Å². The molecule has 138 valence electrons. The Morgan fingerprint density at radius 3 is 2.65 bits per heavy atom. The number of benzene rings is 1. The van der Waals surface area contributed by atoms with Crippen molar-refractivity contribution in [2.45, 2.75) is 19.4 Å².